The topological polar surface area (TPSA) is 15.3 Å². The van der Waals surface area contributed by atoms with E-state index in [0.29, 0.717) is 6.04 Å². The van der Waals surface area contributed by atoms with Crippen molar-refractivity contribution in [3.05, 3.63) is 35.9 Å². The highest BCUT2D eigenvalue weighted by molar-refractivity contribution is 5.14. The van der Waals surface area contributed by atoms with Crippen LogP contribution in [0.25, 0.3) is 0 Å². The molecule has 2 nitrogen and oxygen atoms in total. The Labute approximate surface area is 111 Å². The molecule has 0 heterocycles. The zero-order chi connectivity index (χ0) is 12.8. The summed E-state index contributed by atoms with van der Waals surface area (Å²) in [6.07, 6.45) is 5.20. The molecule has 1 fully saturated rings. The first-order chi connectivity index (χ1) is 8.77. The quantitative estimate of drug-likeness (QED) is 0.710. The van der Waals surface area contributed by atoms with E-state index < -0.39 is 0 Å². The summed E-state index contributed by atoms with van der Waals surface area (Å²) in [5.74, 6) is 0. The summed E-state index contributed by atoms with van der Waals surface area (Å²) >= 11 is 0. The molecule has 100 valence electrons. The molecule has 1 aromatic carbocycles. The first kappa shape index (κ1) is 13.6. The minimum atomic E-state index is 0.661. The lowest BCUT2D eigenvalue weighted by Crippen LogP contribution is -2.39. The van der Waals surface area contributed by atoms with E-state index >= 15 is 0 Å². The average molecular weight is 246 g/mol. The minimum Gasteiger partial charge on any atom is -0.315 e. The third-order valence-corrected chi connectivity index (χ3v) is 3.92. The maximum absolute atomic E-state index is 3.58. The minimum absolute atomic E-state index is 0.661. The van der Waals surface area contributed by atoms with Crippen LogP contribution >= 0.6 is 0 Å². The Bertz CT molecular complexity index is 332. The van der Waals surface area contributed by atoms with Gasteiger partial charge in [0.25, 0.3) is 0 Å². The fourth-order valence-corrected chi connectivity index (χ4v) is 2.36. The van der Waals surface area contributed by atoms with E-state index in [0.717, 1.165) is 19.1 Å². The van der Waals surface area contributed by atoms with Crippen molar-refractivity contribution >= 4 is 0 Å². The van der Waals surface area contributed by atoms with Crippen LogP contribution in [-0.4, -0.2) is 37.1 Å². The molecule has 1 aliphatic carbocycles. The molecule has 1 aliphatic rings. The predicted octanol–water partition coefficient (Wildman–Crippen LogP) is 2.69. The number of hydrogen-bond donors (Lipinski definition) is 1. The van der Waals surface area contributed by atoms with Crippen LogP contribution in [0.15, 0.2) is 30.3 Å². The van der Waals surface area contributed by atoms with Crippen molar-refractivity contribution in [1.29, 1.82) is 0 Å². The molecule has 0 aliphatic heterocycles. The zero-order valence-electron chi connectivity index (χ0n) is 11.7. The Morgan fingerprint density at radius 2 is 2.00 bits per heavy atom. The van der Waals surface area contributed by atoms with Crippen LogP contribution in [0.5, 0.6) is 0 Å². The van der Waals surface area contributed by atoms with Crippen molar-refractivity contribution in [3.8, 4) is 0 Å². The number of rotatable bonds is 8. The third-order valence-electron chi connectivity index (χ3n) is 3.92. The van der Waals surface area contributed by atoms with E-state index in [1.54, 1.807) is 0 Å². The number of likely N-dealkylation sites (N-methyl/N-ethyl adjacent to an activating group) is 1. The van der Waals surface area contributed by atoms with Gasteiger partial charge in [-0.2, -0.15) is 0 Å². The molecule has 0 radical (unpaired) electrons. The normalized spacial score (nSPS) is 17.1. The highest BCUT2D eigenvalue weighted by Gasteiger charge is 2.28. The molecule has 1 saturated carbocycles. The van der Waals surface area contributed by atoms with Gasteiger partial charge in [0, 0.05) is 18.6 Å². The smallest absolute Gasteiger partial charge is 0.0192 e. The molecule has 0 saturated heterocycles. The van der Waals surface area contributed by atoms with Gasteiger partial charge in [0.15, 0.2) is 0 Å². The second-order valence-corrected chi connectivity index (χ2v) is 5.54. The Morgan fingerprint density at radius 3 is 2.67 bits per heavy atom. The molecule has 1 unspecified atom stereocenters. The molecular formula is C16H26N2. The Hall–Kier alpha value is -0.860. The molecule has 1 atom stereocenters. The Morgan fingerprint density at radius 1 is 1.28 bits per heavy atom. The van der Waals surface area contributed by atoms with Crippen molar-refractivity contribution < 1.29 is 0 Å². The van der Waals surface area contributed by atoms with E-state index in [1.807, 2.05) is 0 Å². The summed E-state index contributed by atoms with van der Waals surface area (Å²) in [6.45, 7) is 4.56. The maximum Gasteiger partial charge on any atom is 0.0192 e. The van der Waals surface area contributed by atoms with Crippen molar-refractivity contribution in [2.45, 2.75) is 44.7 Å². The molecule has 0 amide bonds. The van der Waals surface area contributed by atoms with Crippen LogP contribution in [-0.2, 0) is 6.42 Å². The first-order valence-electron chi connectivity index (χ1n) is 7.24. The monoisotopic (exact) mass is 246 g/mol. The summed E-state index contributed by atoms with van der Waals surface area (Å²) in [5.41, 5.74) is 1.45. The molecule has 0 spiro atoms. The standard InChI is InChI=1S/C16H26N2/c1-14(18(2)16-10-11-16)13-17-12-6-9-15-7-4-3-5-8-15/h3-5,7-8,14,16-17H,6,9-13H2,1-2H3. The molecule has 0 aromatic heterocycles. The van der Waals surface area contributed by atoms with Gasteiger partial charge < -0.3 is 5.32 Å². The van der Waals surface area contributed by atoms with Gasteiger partial charge in [0.05, 0.1) is 0 Å². The Kier molecular flexibility index (Phi) is 5.21. The number of hydrogen-bond acceptors (Lipinski definition) is 2. The van der Waals surface area contributed by atoms with Crippen LogP contribution in [0.4, 0.5) is 0 Å². The second-order valence-electron chi connectivity index (χ2n) is 5.54. The van der Waals surface area contributed by atoms with Crippen molar-refractivity contribution in [2.75, 3.05) is 20.1 Å². The molecule has 2 rings (SSSR count). The molecule has 0 bridgehead atoms. The van der Waals surface area contributed by atoms with Crippen molar-refractivity contribution in [3.63, 3.8) is 0 Å². The number of aryl methyl sites for hydroxylation is 1. The number of nitrogens with zero attached hydrogens (tertiary/aromatic N) is 1. The van der Waals surface area contributed by atoms with Gasteiger partial charge in [-0.15, -0.1) is 0 Å². The lowest BCUT2D eigenvalue weighted by Gasteiger charge is -2.24. The fourth-order valence-electron chi connectivity index (χ4n) is 2.36. The molecular weight excluding hydrogens is 220 g/mol. The van der Waals surface area contributed by atoms with Crippen LogP contribution in [0.3, 0.4) is 0 Å². The molecule has 2 heteroatoms. The van der Waals surface area contributed by atoms with E-state index in [-0.39, 0.29) is 0 Å². The van der Waals surface area contributed by atoms with E-state index in [9.17, 15) is 0 Å². The maximum atomic E-state index is 3.58. The number of nitrogens with one attached hydrogen (secondary N) is 1. The summed E-state index contributed by atoms with van der Waals surface area (Å²) in [7, 11) is 2.26. The summed E-state index contributed by atoms with van der Waals surface area (Å²) in [4.78, 5) is 2.52. The molecule has 18 heavy (non-hydrogen) atoms. The summed E-state index contributed by atoms with van der Waals surface area (Å²) < 4.78 is 0. The van der Waals surface area contributed by atoms with Crippen LogP contribution < -0.4 is 5.32 Å². The predicted molar refractivity (Wildman–Crippen MR) is 77.9 cm³/mol. The van der Waals surface area contributed by atoms with Gasteiger partial charge in [0.2, 0.25) is 0 Å². The Balaban J connectivity index is 1.53. The van der Waals surface area contributed by atoms with E-state index in [2.05, 4.69) is 54.5 Å². The highest BCUT2D eigenvalue weighted by atomic mass is 15.2. The lowest BCUT2D eigenvalue weighted by molar-refractivity contribution is 0.241. The van der Waals surface area contributed by atoms with Gasteiger partial charge in [-0.05, 0) is 51.8 Å². The molecule has 1 aromatic rings. The summed E-state index contributed by atoms with van der Waals surface area (Å²) in [6, 6.07) is 12.3. The van der Waals surface area contributed by atoms with Gasteiger partial charge in [-0.3, -0.25) is 4.90 Å². The van der Waals surface area contributed by atoms with Crippen LogP contribution in [0.1, 0.15) is 31.7 Å². The second kappa shape index (κ2) is 6.91. The van der Waals surface area contributed by atoms with Crippen LogP contribution in [0.2, 0.25) is 0 Å². The zero-order valence-corrected chi connectivity index (χ0v) is 11.7. The SMILES string of the molecule is CC(CNCCCc1ccccc1)N(C)C1CC1. The van der Waals surface area contributed by atoms with Gasteiger partial charge in [-0.25, -0.2) is 0 Å². The van der Waals surface area contributed by atoms with Gasteiger partial charge in [0.1, 0.15) is 0 Å². The molecule has 1 N–H and O–H groups in total. The van der Waals surface area contributed by atoms with Gasteiger partial charge >= 0.3 is 0 Å². The van der Waals surface area contributed by atoms with E-state index in [1.165, 1.54) is 31.2 Å². The van der Waals surface area contributed by atoms with Crippen molar-refractivity contribution in [2.24, 2.45) is 0 Å². The average Bonchev–Trinajstić information content (AvgIpc) is 3.23. The number of benzene rings is 1. The lowest BCUT2D eigenvalue weighted by atomic mass is 10.1. The fraction of sp³-hybridized carbons (Fsp3) is 0.625. The third kappa shape index (κ3) is 4.43. The van der Waals surface area contributed by atoms with Crippen LogP contribution in [0, 0.1) is 0 Å². The van der Waals surface area contributed by atoms with Crippen molar-refractivity contribution in [1.82, 2.24) is 10.2 Å². The van der Waals surface area contributed by atoms with E-state index in [4.69, 9.17) is 0 Å². The highest BCUT2D eigenvalue weighted by Crippen LogP contribution is 2.26. The summed E-state index contributed by atoms with van der Waals surface area (Å²) in [5, 5.41) is 3.58. The first-order valence-corrected chi connectivity index (χ1v) is 7.24. The largest absolute Gasteiger partial charge is 0.315 e. The van der Waals surface area contributed by atoms with Gasteiger partial charge in [-0.1, -0.05) is 30.3 Å².